The van der Waals surface area contributed by atoms with Crippen LogP contribution in [0.4, 0.5) is 5.69 Å². The Morgan fingerprint density at radius 3 is 2.32 bits per heavy atom. The van der Waals surface area contributed by atoms with E-state index >= 15 is 0 Å². The summed E-state index contributed by atoms with van der Waals surface area (Å²) in [6.45, 7) is 1.75. The van der Waals surface area contributed by atoms with Crippen LogP contribution in [0.25, 0.3) is 0 Å². The highest BCUT2D eigenvalue weighted by Gasteiger charge is 2.11. The monoisotopic (exact) mass is 385 g/mol. The van der Waals surface area contributed by atoms with Crippen molar-refractivity contribution < 1.29 is 23.8 Å². The van der Waals surface area contributed by atoms with Gasteiger partial charge < -0.3 is 19.5 Å². The zero-order valence-electron chi connectivity index (χ0n) is 16.2. The first-order valence-corrected chi connectivity index (χ1v) is 8.55. The minimum atomic E-state index is -0.414. The van der Waals surface area contributed by atoms with Gasteiger partial charge in [-0.25, -0.2) is 5.43 Å². The maximum Gasteiger partial charge on any atom is 0.271 e. The van der Waals surface area contributed by atoms with Crippen LogP contribution in [0.3, 0.4) is 0 Å². The van der Waals surface area contributed by atoms with E-state index in [1.54, 1.807) is 43.3 Å². The Kier molecular flexibility index (Phi) is 7.38. The van der Waals surface area contributed by atoms with Crippen molar-refractivity contribution in [2.75, 3.05) is 26.6 Å². The van der Waals surface area contributed by atoms with Gasteiger partial charge in [0.25, 0.3) is 5.91 Å². The zero-order chi connectivity index (χ0) is 20.5. The standard InChI is InChI=1S/C20H23N3O5/c1-5-19(24)22-15-8-6-7-13(9-15)20(25)23-21-12-14-10-17(27-3)18(28-4)11-16(14)26-2/h6-12H,5H2,1-4H3,(H,22,24)(H,23,25)/b21-12+. The smallest absolute Gasteiger partial charge is 0.271 e. The number of anilines is 1. The molecule has 2 N–H and O–H groups in total. The Balaban J connectivity index is 2.13. The summed E-state index contributed by atoms with van der Waals surface area (Å²) in [5.41, 5.74) is 3.96. The number of benzene rings is 2. The third-order valence-corrected chi connectivity index (χ3v) is 3.84. The first-order valence-electron chi connectivity index (χ1n) is 8.55. The molecule has 8 nitrogen and oxygen atoms in total. The van der Waals surface area contributed by atoms with Crippen molar-refractivity contribution >= 4 is 23.7 Å². The number of carbonyl (C=O) groups excluding carboxylic acids is 2. The SMILES string of the molecule is CCC(=O)Nc1cccc(C(=O)N/N=C/c2cc(OC)c(OC)cc2OC)c1. The fourth-order valence-corrected chi connectivity index (χ4v) is 2.37. The number of hydrazone groups is 1. The van der Waals surface area contributed by atoms with Gasteiger partial charge >= 0.3 is 0 Å². The van der Waals surface area contributed by atoms with E-state index in [1.165, 1.54) is 27.5 Å². The summed E-state index contributed by atoms with van der Waals surface area (Å²) >= 11 is 0. The first kappa shape index (κ1) is 20.8. The number of methoxy groups -OCH3 is 3. The van der Waals surface area contributed by atoms with Gasteiger partial charge in [0, 0.05) is 29.3 Å². The third kappa shape index (κ3) is 5.23. The summed E-state index contributed by atoms with van der Waals surface area (Å²) in [4.78, 5) is 23.8. The Morgan fingerprint density at radius 1 is 1.00 bits per heavy atom. The fraction of sp³-hybridized carbons (Fsp3) is 0.250. The van der Waals surface area contributed by atoms with E-state index in [2.05, 4.69) is 15.8 Å². The van der Waals surface area contributed by atoms with Crippen molar-refractivity contribution in [3.05, 3.63) is 47.5 Å². The van der Waals surface area contributed by atoms with Crippen molar-refractivity contribution in [3.8, 4) is 17.2 Å². The lowest BCUT2D eigenvalue weighted by Gasteiger charge is -2.11. The second kappa shape index (κ2) is 9.96. The average Bonchev–Trinajstić information content (AvgIpc) is 2.73. The maximum absolute atomic E-state index is 12.3. The largest absolute Gasteiger partial charge is 0.496 e. The van der Waals surface area contributed by atoms with E-state index in [9.17, 15) is 9.59 Å². The summed E-state index contributed by atoms with van der Waals surface area (Å²) in [6.07, 6.45) is 1.80. The number of hydrogen-bond donors (Lipinski definition) is 2. The van der Waals surface area contributed by atoms with Gasteiger partial charge in [0.1, 0.15) is 5.75 Å². The van der Waals surface area contributed by atoms with E-state index in [-0.39, 0.29) is 5.91 Å². The second-order valence-corrected chi connectivity index (χ2v) is 5.63. The second-order valence-electron chi connectivity index (χ2n) is 5.63. The van der Waals surface area contributed by atoms with E-state index in [0.29, 0.717) is 40.5 Å². The molecule has 0 saturated carbocycles. The van der Waals surface area contributed by atoms with Gasteiger partial charge in [0.05, 0.1) is 27.5 Å². The molecule has 0 aromatic heterocycles. The van der Waals surface area contributed by atoms with Crippen LogP contribution in [0, 0.1) is 0 Å². The molecule has 2 amide bonds. The zero-order valence-corrected chi connectivity index (χ0v) is 16.2. The van der Waals surface area contributed by atoms with Gasteiger partial charge in [-0.2, -0.15) is 5.10 Å². The van der Waals surface area contributed by atoms with Crippen LogP contribution in [0.2, 0.25) is 0 Å². The average molecular weight is 385 g/mol. The summed E-state index contributed by atoms with van der Waals surface area (Å²) in [7, 11) is 4.58. The topological polar surface area (TPSA) is 98.3 Å². The summed E-state index contributed by atoms with van der Waals surface area (Å²) in [6, 6.07) is 9.96. The van der Waals surface area contributed by atoms with Crippen molar-refractivity contribution in [2.45, 2.75) is 13.3 Å². The van der Waals surface area contributed by atoms with Gasteiger partial charge in [0.2, 0.25) is 5.91 Å². The molecular weight excluding hydrogens is 362 g/mol. The molecule has 0 fully saturated rings. The van der Waals surface area contributed by atoms with Gasteiger partial charge in [-0.3, -0.25) is 9.59 Å². The van der Waals surface area contributed by atoms with Gasteiger partial charge in [-0.1, -0.05) is 13.0 Å². The highest BCUT2D eigenvalue weighted by molar-refractivity contribution is 5.97. The lowest BCUT2D eigenvalue weighted by Crippen LogP contribution is -2.18. The van der Waals surface area contributed by atoms with Crippen molar-refractivity contribution in [3.63, 3.8) is 0 Å². The summed E-state index contributed by atoms with van der Waals surface area (Å²) in [5, 5.41) is 6.68. The summed E-state index contributed by atoms with van der Waals surface area (Å²) in [5.74, 6) is 1.00. The predicted octanol–water partition coefficient (Wildman–Crippen LogP) is 2.82. The molecule has 0 spiro atoms. The van der Waals surface area contributed by atoms with E-state index in [4.69, 9.17) is 14.2 Å². The van der Waals surface area contributed by atoms with Crippen LogP contribution < -0.4 is 25.0 Å². The van der Waals surface area contributed by atoms with E-state index < -0.39 is 5.91 Å². The molecule has 2 aromatic rings. The third-order valence-electron chi connectivity index (χ3n) is 3.84. The van der Waals surface area contributed by atoms with Crippen LogP contribution in [-0.4, -0.2) is 39.4 Å². The molecule has 28 heavy (non-hydrogen) atoms. The number of nitrogens with zero attached hydrogens (tertiary/aromatic N) is 1. The lowest BCUT2D eigenvalue weighted by molar-refractivity contribution is -0.115. The van der Waals surface area contributed by atoms with Gasteiger partial charge in [0.15, 0.2) is 11.5 Å². The van der Waals surface area contributed by atoms with Crippen LogP contribution in [-0.2, 0) is 4.79 Å². The Hall–Kier alpha value is -3.55. The van der Waals surface area contributed by atoms with Crippen molar-refractivity contribution in [1.29, 1.82) is 0 Å². The summed E-state index contributed by atoms with van der Waals surface area (Å²) < 4.78 is 15.8. The quantitative estimate of drug-likeness (QED) is 0.538. The Labute approximate surface area is 163 Å². The van der Waals surface area contributed by atoms with Crippen LogP contribution in [0.5, 0.6) is 17.2 Å². The van der Waals surface area contributed by atoms with Gasteiger partial charge in [-0.05, 0) is 24.3 Å². The fourth-order valence-electron chi connectivity index (χ4n) is 2.37. The molecule has 8 heteroatoms. The highest BCUT2D eigenvalue weighted by Crippen LogP contribution is 2.33. The minimum Gasteiger partial charge on any atom is -0.496 e. The molecule has 0 saturated heterocycles. The highest BCUT2D eigenvalue weighted by atomic mass is 16.5. The molecule has 0 bridgehead atoms. The number of ether oxygens (including phenoxy) is 3. The number of carbonyl (C=O) groups is 2. The molecule has 0 unspecified atom stereocenters. The molecule has 0 heterocycles. The molecule has 2 aromatic carbocycles. The first-order chi connectivity index (χ1) is 13.5. The Morgan fingerprint density at radius 2 is 1.68 bits per heavy atom. The van der Waals surface area contributed by atoms with Gasteiger partial charge in [-0.15, -0.1) is 0 Å². The molecule has 148 valence electrons. The number of hydrogen-bond acceptors (Lipinski definition) is 6. The molecule has 0 radical (unpaired) electrons. The van der Waals surface area contributed by atoms with Crippen LogP contribution in [0.1, 0.15) is 29.3 Å². The molecule has 0 aliphatic carbocycles. The minimum absolute atomic E-state index is 0.129. The molecule has 0 aliphatic rings. The van der Waals surface area contributed by atoms with Crippen molar-refractivity contribution in [2.24, 2.45) is 5.10 Å². The molecule has 2 rings (SSSR count). The van der Waals surface area contributed by atoms with Crippen LogP contribution >= 0.6 is 0 Å². The number of nitrogens with one attached hydrogen (secondary N) is 2. The molecule has 0 aliphatic heterocycles. The molecular formula is C20H23N3O5. The Bertz CT molecular complexity index is 880. The number of amides is 2. The molecule has 0 atom stereocenters. The predicted molar refractivity (Wildman–Crippen MR) is 107 cm³/mol. The maximum atomic E-state index is 12.3. The number of rotatable bonds is 8. The van der Waals surface area contributed by atoms with Crippen molar-refractivity contribution in [1.82, 2.24) is 5.43 Å². The van der Waals surface area contributed by atoms with E-state index in [0.717, 1.165) is 0 Å². The van der Waals surface area contributed by atoms with Crippen LogP contribution in [0.15, 0.2) is 41.5 Å². The normalized spacial score (nSPS) is 10.4. The van der Waals surface area contributed by atoms with E-state index in [1.807, 2.05) is 0 Å². The lowest BCUT2D eigenvalue weighted by atomic mass is 10.2.